The first kappa shape index (κ1) is 19.9. The van der Waals surface area contributed by atoms with Gasteiger partial charge in [0.1, 0.15) is 48.8 Å². The van der Waals surface area contributed by atoms with Gasteiger partial charge in [0.2, 0.25) is 0 Å². The minimum Gasteiger partial charge on any atom is -0.394 e. The Morgan fingerprint density at radius 1 is 0.792 bits per heavy atom. The predicted molar refractivity (Wildman–Crippen MR) is 76.9 cm³/mol. The van der Waals surface area contributed by atoms with E-state index in [0.717, 1.165) is 0 Å². The van der Waals surface area contributed by atoms with E-state index in [-0.39, 0.29) is 0 Å². The molecule has 0 aromatic carbocycles. The molecule has 2 heterocycles. The molecular formula is C14H26O10. The van der Waals surface area contributed by atoms with Crippen LogP contribution in [0.5, 0.6) is 0 Å². The van der Waals surface area contributed by atoms with E-state index in [2.05, 4.69) is 0 Å². The molecule has 2 rings (SSSR count). The largest absolute Gasteiger partial charge is 0.394 e. The summed E-state index contributed by atoms with van der Waals surface area (Å²) >= 11 is 0. The third-order valence-corrected chi connectivity index (χ3v) is 4.49. The summed E-state index contributed by atoms with van der Waals surface area (Å²) in [5.74, 6) is 0. The summed E-state index contributed by atoms with van der Waals surface area (Å²) in [7, 11) is 1.27. The third kappa shape index (κ3) is 3.73. The fraction of sp³-hybridized carbons (Fsp3) is 1.00. The molecule has 0 bridgehead atoms. The second-order valence-electron chi connectivity index (χ2n) is 6.05. The van der Waals surface area contributed by atoms with E-state index in [9.17, 15) is 30.6 Å². The van der Waals surface area contributed by atoms with Crippen molar-refractivity contribution in [3.8, 4) is 0 Å². The van der Waals surface area contributed by atoms with Crippen LogP contribution in [-0.2, 0) is 18.9 Å². The predicted octanol–water partition coefficient (Wildman–Crippen LogP) is -3.67. The van der Waals surface area contributed by atoms with Gasteiger partial charge in [0.25, 0.3) is 0 Å². The lowest BCUT2D eigenvalue weighted by Crippen LogP contribution is -2.64. The number of aliphatic hydroxyl groups is 6. The van der Waals surface area contributed by atoms with E-state index < -0.39 is 74.4 Å². The van der Waals surface area contributed by atoms with Gasteiger partial charge in [-0.25, -0.2) is 0 Å². The van der Waals surface area contributed by atoms with Crippen molar-refractivity contribution in [1.82, 2.24) is 0 Å². The zero-order chi connectivity index (χ0) is 18.0. The van der Waals surface area contributed by atoms with Crippen molar-refractivity contribution < 1.29 is 49.6 Å². The molecule has 0 saturated carbocycles. The number of hydrogen-bond donors (Lipinski definition) is 6. The zero-order valence-electron chi connectivity index (χ0n) is 13.5. The molecule has 7 unspecified atom stereocenters. The summed E-state index contributed by atoms with van der Waals surface area (Å²) in [4.78, 5) is 0. The topological polar surface area (TPSA) is 158 Å². The van der Waals surface area contributed by atoms with Crippen LogP contribution in [0.25, 0.3) is 0 Å². The molecule has 142 valence electrons. The Hall–Kier alpha value is -0.400. The van der Waals surface area contributed by atoms with Gasteiger partial charge in [-0.05, 0) is 6.92 Å². The smallest absolute Gasteiger partial charge is 0.187 e. The molecule has 10 heteroatoms. The molecule has 2 fully saturated rings. The van der Waals surface area contributed by atoms with Crippen molar-refractivity contribution in [1.29, 1.82) is 0 Å². The molecule has 6 N–H and O–H groups in total. The highest BCUT2D eigenvalue weighted by atomic mass is 16.7. The molecule has 0 amide bonds. The first-order valence-corrected chi connectivity index (χ1v) is 7.78. The highest BCUT2D eigenvalue weighted by molar-refractivity contribution is 4.95. The zero-order valence-corrected chi connectivity index (χ0v) is 13.5. The Bertz CT molecular complexity index is 394. The number of hydrogen-bond acceptors (Lipinski definition) is 10. The van der Waals surface area contributed by atoms with Crippen LogP contribution in [0.15, 0.2) is 0 Å². The van der Waals surface area contributed by atoms with Crippen LogP contribution in [0.3, 0.4) is 0 Å². The first-order valence-electron chi connectivity index (χ1n) is 7.78. The van der Waals surface area contributed by atoms with Crippen molar-refractivity contribution in [3.05, 3.63) is 0 Å². The molecule has 10 nitrogen and oxygen atoms in total. The van der Waals surface area contributed by atoms with Gasteiger partial charge in [-0.2, -0.15) is 0 Å². The summed E-state index contributed by atoms with van der Waals surface area (Å²) < 4.78 is 21.2. The SMILES string of the molecule is COC1C(O)[C@H](O[C@@H]2C(CO)OC(C)C(O)C2O)OC(CO)[C@@H]1O. The molecule has 2 aliphatic rings. The van der Waals surface area contributed by atoms with Crippen molar-refractivity contribution >= 4 is 0 Å². The van der Waals surface area contributed by atoms with Gasteiger partial charge < -0.3 is 49.6 Å². The van der Waals surface area contributed by atoms with Crippen LogP contribution >= 0.6 is 0 Å². The van der Waals surface area contributed by atoms with Gasteiger partial charge in [-0.15, -0.1) is 0 Å². The Balaban J connectivity index is 2.14. The van der Waals surface area contributed by atoms with Gasteiger partial charge in [0.05, 0.1) is 19.3 Å². The molecule has 0 aromatic heterocycles. The third-order valence-electron chi connectivity index (χ3n) is 4.49. The molecule has 0 aromatic rings. The molecule has 0 radical (unpaired) electrons. The summed E-state index contributed by atoms with van der Waals surface area (Å²) in [6.07, 6.45) is -11.7. The average molecular weight is 354 g/mol. The van der Waals surface area contributed by atoms with Gasteiger partial charge >= 0.3 is 0 Å². The molecule has 0 spiro atoms. The summed E-state index contributed by atoms with van der Waals surface area (Å²) in [6, 6.07) is 0. The van der Waals surface area contributed by atoms with E-state index in [4.69, 9.17) is 18.9 Å². The minimum atomic E-state index is -1.42. The first-order chi connectivity index (χ1) is 11.3. The summed E-state index contributed by atoms with van der Waals surface area (Å²) in [6.45, 7) is 0.513. The summed E-state index contributed by atoms with van der Waals surface area (Å²) in [5, 5.41) is 59.0. The highest BCUT2D eigenvalue weighted by Gasteiger charge is 2.50. The van der Waals surface area contributed by atoms with Gasteiger partial charge in [-0.3, -0.25) is 0 Å². The van der Waals surface area contributed by atoms with Crippen LogP contribution in [0.2, 0.25) is 0 Å². The Morgan fingerprint density at radius 2 is 1.42 bits per heavy atom. The number of aliphatic hydroxyl groups excluding tert-OH is 6. The van der Waals surface area contributed by atoms with E-state index >= 15 is 0 Å². The van der Waals surface area contributed by atoms with Crippen molar-refractivity contribution in [2.45, 2.75) is 68.1 Å². The highest BCUT2D eigenvalue weighted by Crippen LogP contribution is 2.29. The maximum Gasteiger partial charge on any atom is 0.187 e. The van der Waals surface area contributed by atoms with E-state index in [1.165, 1.54) is 14.0 Å². The normalized spacial score (nSPS) is 50.0. The van der Waals surface area contributed by atoms with Crippen LogP contribution < -0.4 is 0 Å². The Labute approximate surface area is 139 Å². The number of rotatable bonds is 5. The monoisotopic (exact) mass is 354 g/mol. The standard InChI is InChI=1S/C14H26O10/c1-5-8(17)10(19)12(7(4-16)22-5)24-14-11(20)13(21-2)9(18)6(3-15)23-14/h5-20H,3-4H2,1-2H3/t5?,6?,7?,8?,9-,10?,11?,12+,13?,14-/m0/s1. The molecule has 2 aliphatic heterocycles. The van der Waals surface area contributed by atoms with Gasteiger partial charge in [-0.1, -0.05) is 0 Å². The maximum absolute atomic E-state index is 10.2. The summed E-state index contributed by atoms with van der Waals surface area (Å²) in [5.41, 5.74) is 0. The maximum atomic E-state index is 10.2. The van der Waals surface area contributed by atoms with Crippen LogP contribution in [-0.4, -0.2) is 112 Å². The second-order valence-corrected chi connectivity index (χ2v) is 6.05. The van der Waals surface area contributed by atoms with E-state index in [0.29, 0.717) is 0 Å². The fourth-order valence-corrected chi connectivity index (χ4v) is 3.04. The molecule has 10 atom stereocenters. The van der Waals surface area contributed by atoms with Crippen molar-refractivity contribution in [3.63, 3.8) is 0 Å². The number of methoxy groups -OCH3 is 1. The molecule has 2 saturated heterocycles. The second kappa shape index (κ2) is 8.32. The van der Waals surface area contributed by atoms with Gasteiger partial charge in [0, 0.05) is 7.11 Å². The van der Waals surface area contributed by atoms with Crippen molar-refractivity contribution in [2.75, 3.05) is 20.3 Å². The minimum absolute atomic E-state index is 0.485. The van der Waals surface area contributed by atoms with Crippen LogP contribution in [0, 0.1) is 0 Å². The lowest BCUT2D eigenvalue weighted by molar-refractivity contribution is -0.343. The van der Waals surface area contributed by atoms with Crippen LogP contribution in [0.1, 0.15) is 6.92 Å². The quantitative estimate of drug-likeness (QED) is 0.290. The van der Waals surface area contributed by atoms with E-state index in [1.807, 2.05) is 0 Å². The molecule has 0 aliphatic carbocycles. The Kier molecular flexibility index (Phi) is 6.90. The van der Waals surface area contributed by atoms with E-state index in [1.54, 1.807) is 0 Å². The lowest BCUT2D eigenvalue weighted by atomic mass is 9.95. The van der Waals surface area contributed by atoms with Gasteiger partial charge in [0.15, 0.2) is 6.29 Å². The molecule has 24 heavy (non-hydrogen) atoms. The van der Waals surface area contributed by atoms with Crippen LogP contribution in [0.4, 0.5) is 0 Å². The fourth-order valence-electron chi connectivity index (χ4n) is 3.04. The van der Waals surface area contributed by atoms with Crippen molar-refractivity contribution in [2.24, 2.45) is 0 Å². The molecular weight excluding hydrogens is 328 g/mol. The Morgan fingerprint density at radius 3 is 1.96 bits per heavy atom. The lowest BCUT2D eigenvalue weighted by Gasteiger charge is -2.46. The number of ether oxygens (including phenoxy) is 4. The average Bonchev–Trinajstić information content (AvgIpc) is 2.57.